The molecule has 13 heavy (non-hydrogen) atoms. The minimum Gasteiger partial charge on any atom is -0.336 e. The third-order valence-electron chi connectivity index (χ3n) is 1.55. The van der Waals surface area contributed by atoms with Crippen LogP contribution in [0.1, 0.15) is 0 Å². The largest absolute Gasteiger partial charge is 0.336 e. The van der Waals surface area contributed by atoms with Crippen molar-refractivity contribution in [1.29, 1.82) is 0 Å². The van der Waals surface area contributed by atoms with Crippen LogP contribution in [0.3, 0.4) is 0 Å². The van der Waals surface area contributed by atoms with Crippen molar-refractivity contribution in [2.75, 3.05) is 5.32 Å². The maximum absolute atomic E-state index is 4.16. The molecule has 2 aromatic heterocycles. The summed E-state index contributed by atoms with van der Waals surface area (Å²) in [5.74, 6) is 0.789. The van der Waals surface area contributed by atoms with Crippen LogP contribution in [0.4, 0.5) is 11.5 Å². The first-order valence-corrected chi connectivity index (χ1v) is 3.86. The molecule has 0 aromatic carbocycles. The molecule has 0 atom stereocenters. The van der Waals surface area contributed by atoms with E-state index >= 15 is 0 Å². The van der Waals surface area contributed by atoms with Crippen LogP contribution in [0.2, 0.25) is 0 Å². The zero-order valence-corrected chi connectivity index (χ0v) is 7.18. The highest BCUT2D eigenvalue weighted by molar-refractivity contribution is 5.52. The molecule has 0 saturated carbocycles. The number of aryl methyl sites for hydroxylation is 1. The molecule has 1 N–H and O–H groups in total. The molecule has 5 heteroatoms. The zero-order valence-electron chi connectivity index (χ0n) is 7.18. The second kappa shape index (κ2) is 3.22. The Hall–Kier alpha value is -1.91. The normalized spacial score (nSPS) is 9.92. The van der Waals surface area contributed by atoms with Crippen molar-refractivity contribution in [1.82, 2.24) is 19.7 Å². The van der Waals surface area contributed by atoms with Gasteiger partial charge in [-0.15, -0.1) is 0 Å². The fourth-order valence-electron chi connectivity index (χ4n) is 0.993. The van der Waals surface area contributed by atoms with Gasteiger partial charge in [-0.05, 0) is 0 Å². The average Bonchev–Trinajstić information content (AvgIpc) is 2.53. The summed E-state index contributed by atoms with van der Waals surface area (Å²) in [6.07, 6.45) is 6.75. The van der Waals surface area contributed by atoms with E-state index < -0.39 is 0 Å². The van der Waals surface area contributed by atoms with E-state index in [2.05, 4.69) is 20.4 Å². The first-order valence-electron chi connectivity index (χ1n) is 3.86. The van der Waals surface area contributed by atoms with E-state index in [0.29, 0.717) is 0 Å². The lowest BCUT2D eigenvalue weighted by Gasteiger charge is -1.99. The number of aromatic nitrogens is 4. The molecule has 0 bridgehead atoms. The van der Waals surface area contributed by atoms with E-state index in [9.17, 15) is 0 Å². The van der Waals surface area contributed by atoms with Gasteiger partial charge in [0.05, 0.1) is 18.1 Å². The molecule has 0 saturated heterocycles. The maximum atomic E-state index is 4.16. The molecule has 0 aliphatic heterocycles. The number of hydrogen-bond donors (Lipinski definition) is 1. The summed E-state index contributed by atoms with van der Waals surface area (Å²) in [6, 6.07) is 1.88. The third kappa shape index (κ3) is 1.81. The number of anilines is 2. The lowest BCUT2D eigenvalue weighted by atomic mass is 10.5. The Morgan fingerprint density at radius 2 is 2.08 bits per heavy atom. The van der Waals surface area contributed by atoms with Gasteiger partial charge in [0, 0.05) is 19.3 Å². The van der Waals surface area contributed by atoms with Crippen molar-refractivity contribution in [2.24, 2.45) is 7.05 Å². The Kier molecular flexibility index (Phi) is 1.91. The molecular formula is C8H9N5. The van der Waals surface area contributed by atoms with E-state index in [4.69, 9.17) is 0 Å². The summed E-state index contributed by atoms with van der Waals surface area (Å²) in [6.45, 7) is 0. The molecule has 0 fully saturated rings. The van der Waals surface area contributed by atoms with Gasteiger partial charge in [-0.25, -0.2) is 9.97 Å². The number of hydrogen-bond acceptors (Lipinski definition) is 4. The first-order chi connectivity index (χ1) is 6.34. The highest BCUT2D eigenvalue weighted by atomic mass is 15.3. The fraction of sp³-hybridized carbons (Fsp3) is 0.125. The van der Waals surface area contributed by atoms with Gasteiger partial charge in [0.15, 0.2) is 5.82 Å². The van der Waals surface area contributed by atoms with Crippen molar-refractivity contribution >= 4 is 11.5 Å². The Morgan fingerprint density at radius 3 is 2.69 bits per heavy atom. The summed E-state index contributed by atoms with van der Waals surface area (Å²) >= 11 is 0. The lowest BCUT2D eigenvalue weighted by molar-refractivity contribution is 0.771. The number of rotatable bonds is 2. The minimum absolute atomic E-state index is 0.789. The van der Waals surface area contributed by atoms with Crippen LogP contribution < -0.4 is 5.32 Å². The van der Waals surface area contributed by atoms with Crippen LogP contribution in [0, 0.1) is 0 Å². The van der Waals surface area contributed by atoms with Gasteiger partial charge < -0.3 is 5.32 Å². The molecule has 0 aliphatic carbocycles. The van der Waals surface area contributed by atoms with Crippen LogP contribution in [-0.2, 0) is 7.05 Å². The monoisotopic (exact) mass is 175 g/mol. The van der Waals surface area contributed by atoms with E-state index in [1.54, 1.807) is 17.1 Å². The zero-order chi connectivity index (χ0) is 9.10. The van der Waals surface area contributed by atoms with Gasteiger partial charge >= 0.3 is 0 Å². The van der Waals surface area contributed by atoms with Crippen molar-refractivity contribution in [3.05, 3.63) is 31.0 Å². The lowest BCUT2D eigenvalue weighted by Crippen LogP contribution is -1.94. The van der Waals surface area contributed by atoms with Crippen LogP contribution >= 0.6 is 0 Å². The van der Waals surface area contributed by atoms with Gasteiger partial charge in [-0.2, -0.15) is 5.10 Å². The fourth-order valence-corrected chi connectivity index (χ4v) is 0.993. The van der Waals surface area contributed by atoms with Gasteiger partial charge in [0.2, 0.25) is 0 Å². The molecule has 0 unspecified atom stereocenters. The molecule has 0 amide bonds. The Labute approximate surface area is 75.4 Å². The highest BCUT2D eigenvalue weighted by Crippen LogP contribution is 2.10. The standard InChI is InChI=1S/C8H9N5/c1-13-3-2-8(12-13)11-7-4-9-6-10-5-7/h2-6H,1H3,(H,11,12). The summed E-state index contributed by atoms with van der Waals surface area (Å²) < 4.78 is 1.73. The molecule has 2 rings (SSSR count). The van der Waals surface area contributed by atoms with Crippen LogP contribution in [0.25, 0.3) is 0 Å². The molecule has 2 heterocycles. The summed E-state index contributed by atoms with van der Waals surface area (Å²) in [4.78, 5) is 7.76. The van der Waals surface area contributed by atoms with Gasteiger partial charge in [-0.1, -0.05) is 0 Å². The number of nitrogens with zero attached hydrogens (tertiary/aromatic N) is 4. The van der Waals surface area contributed by atoms with E-state index in [0.717, 1.165) is 11.5 Å². The molecule has 2 aromatic rings. The first kappa shape index (κ1) is 7.72. The van der Waals surface area contributed by atoms with Crippen LogP contribution in [0.5, 0.6) is 0 Å². The van der Waals surface area contributed by atoms with Crippen LogP contribution in [0.15, 0.2) is 31.0 Å². The minimum atomic E-state index is 0.789. The van der Waals surface area contributed by atoms with Crippen molar-refractivity contribution in [3.8, 4) is 0 Å². The van der Waals surface area contributed by atoms with E-state index in [-0.39, 0.29) is 0 Å². The highest BCUT2D eigenvalue weighted by Gasteiger charge is 1.96. The topological polar surface area (TPSA) is 55.6 Å². The Bertz CT molecular complexity index is 380. The Balaban J connectivity index is 2.15. The molecule has 0 aliphatic rings. The van der Waals surface area contributed by atoms with Gasteiger partial charge in [0.1, 0.15) is 6.33 Å². The smallest absolute Gasteiger partial charge is 0.152 e. The average molecular weight is 175 g/mol. The SMILES string of the molecule is Cn1ccc(Nc2cncnc2)n1. The second-order valence-electron chi connectivity index (χ2n) is 2.63. The van der Waals surface area contributed by atoms with E-state index in [1.165, 1.54) is 6.33 Å². The quantitative estimate of drug-likeness (QED) is 0.738. The van der Waals surface area contributed by atoms with Gasteiger partial charge in [-0.3, -0.25) is 4.68 Å². The third-order valence-corrected chi connectivity index (χ3v) is 1.55. The molecule has 0 spiro atoms. The molecule has 66 valence electrons. The van der Waals surface area contributed by atoms with Gasteiger partial charge in [0.25, 0.3) is 0 Å². The van der Waals surface area contributed by atoms with Crippen molar-refractivity contribution in [2.45, 2.75) is 0 Å². The van der Waals surface area contributed by atoms with Crippen molar-refractivity contribution < 1.29 is 0 Å². The second-order valence-corrected chi connectivity index (χ2v) is 2.63. The molecular weight excluding hydrogens is 166 g/mol. The maximum Gasteiger partial charge on any atom is 0.152 e. The molecule has 5 nitrogen and oxygen atoms in total. The summed E-state index contributed by atoms with van der Waals surface area (Å²) in [7, 11) is 1.87. The van der Waals surface area contributed by atoms with Crippen LogP contribution in [-0.4, -0.2) is 19.7 Å². The summed E-state index contributed by atoms with van der Waals surface area (Å²) in [5.41, 5.74) is 0.834. The molecule has 0 radical (unpaired) electrons. The predicted molar refractivity (Wildman–Crippen MR) is 48.5 cm³/mol. The Morgan fingerprint density at radius 1 is 1.31 bits per heavy atom. The summed E-state index contributed by atoms with van der Waals surface area (Å²) in [5, 5.41) is 7.22. The predicted octanol–water partition coefficient (Wildman–Crippen LogP) is 0.954. The number of nitrogens with one attached hydrogen (secondary N) is 1. The van der Waals surface area contributed by atoms with Crippen molar-refractivity contribution in [3.63, 3.8) is 0 Å². The van der Waals surface area contributed by atoms with E-state index in [1.807, 2.05) is 19.3 Å².